The second-order valence-electron chi connectivity index (χ2n) is 9.57. The second kappa shape index (κ2) is 10.5. The molecule has 0 saturated heterocycles. The number of rotatable bonds is 8. The minimum absolute atomic E-state index is 0.162. The predicted molar refractivity (Wildman–Crippen MR) is 138 cm³/mol. The Hall–Kier alpha value is -2.99. The molecule has 4 nitrogen and oxygen atoms in total. The fourth-order valence-corrected chi connectivity index (χ4v) is 9.15. The summed E-state index contributed by atoms with van der Waals surface area (Å²) in [6, 6.07) is 30.9. The van der Waals surface area contributed by atoms with E-state index in [1.807, 2.05) is 42.5 Å². The fraction of sp³-hybridized carbons (Fsp3) is 0.276. The maximum atomic E-state index is 12.1. The molecule has 0 N–H and O–H groups in total. The molecule has 0 aromatic heterocycles. The molecule has 0 unspecified atom stereocenters. The average Bonchev–Trinajstić information content (AvgIpc) is 2.85. The van der Waals surface area contributed by atoms with Crippen molar-refractivity contribution in [1.82, 2.24) is 0 Å². The molecule has 176 valence electrons. The minimum atomic E-state index is -2.74. The van der Waals surface area contributed by atoms with Crippen molar-refractivity contribution < 1.29 is 18.7 Å². The Morgan fingerprint density at radius 2 is 1.35 bits per heavy atom. The van der Waals surface area contributed by atoms with Gasteiger partial charge in [0.2, 0.25) is 0 Å². The van der Waals surface area contributed by atoms with Gasteiger partial charge in [0.1, 0.15) is 6.10 Å². The number of ether oxygens (including phenoxy) is 2. The van der Waals surface area contributed by atoms with Crippen molar-refractivity contribution in [3.05, 3.63) is 109 Å². The van der Waals surface area contributed by atoms with Crippen molar-refractivity contribution >= 4 is 24.7 Å². The lowest BCUT2D eigenvalue weighted by Crippen LogP contribution is -2.67. The van der Waals surface area contributed by atoms with Gasteiger partial charge in [-0.15, -0.1) is 0 Å². The Morgan fingerprint density at radius 1 is 0.824 bits per heavy atom. The number of hydrogen-bond donors (Lipinski definition) is 0. The van der Waals surface area contributed by atoms with E-state index in [1.165, 1.54) is 16.4 Å². The maximum absolute atomic E-state index is 12.1. The lowest BCUT2D eigenvalue weighted by atomic mass is 10.1. The molecule has 0 fully saturated rings. The summed E-state index contributed by atoms with van der Waals surface area (Å²) in [6.07, 6.45) is 2.32. The zero-order valence-corrected chi connectivity index (χ0v) is 21.0. The largest absolute Gasteiger partial charge is 0.454 e. The number of carbonyl (C=O) groups is 1. The summed E-state index contributed by atoms with van der Waals surface area (Å²) in [5, 5.41) is 2.21. The van der Waals surface area contributed by atoms with Crippen LogP contribution in [0.1, 0.15) is 26.3 Å². The van der Waals surface area contributed by atoms with E-state index in [0.29, 0.717) is 6.61 Å². The summed E-state index contributed by atoms with van der Waals surface area (Å²) >= 11 is 0. The van der Waals surface area contributed by atoms with Crippen LogP contribution >= 0.6 is 0 Å². The van der Waals surface area contributed by atoms with Gasteiger partial charge in [-0.2, -0.15) is 0 Å². The van der Waals surface area contributed by atoms with Crippen LogP contribution in [-0.4, -0.2) is 33.1 Å². The first kappa shape index (κ1) is 24.1. The predicted octanol–water partition coefficient (Wildman–Crippen LogP) is 4.63. The van der Waals surface area contributed by atoms with Crippen molar-refractivity contribution in [2.45, 2.75) is 44.6 Å². The normalized spacial score (nSPS) is 18.5. The summed E-state index contributed by atoms with van der Waals surface area (Å²) in [4.78, 5) is 12.1. The molecule has 0 aliphatic carbocycles. The zero-order chi connectivity index (χ0) is 24.0. The van der Waals surface area contributed by atoms with Gasteiger partial charge in [-0.25, -0.2) is 4.79 Å². The molecule has 3 aromatic rings. The van der Waals surface area contributed by atoms with Crippen LogP contribution in [0.3, 0.4) is 0 Å². The molecule has 5 heteroatoms. The van der Waals surface area contributed by atoms with E-state index < -0.39 is 14.4 Å². The topological polar surface area (TPSA) is 44.8 Å². The van der Waals surface area contributed by atoms with Crippen LogP contribution in [0.2, 0.25) is 5.04 Å². The molecule has 0 spiro atoms. The van der Waals surface area contributed by atoms with Gasteiger partial charge in [-0.3, -0.25) is 0 Å². The Balaban J connectivity index is 1.63. The Labute approximate surface area is 203 Å². The van der Waals surface area contributed by atoms with Gasteiger partial charge >= 0.3 is 5.97 Å². The Morgan fingerprint density at radius 3 is 1.88 bits per heavy atom. The van der Waals surface area contributed by atoms with Crippen molar-refractivity contribution in [3.8, 4) is 0 Å². The molecule has 4 rings (SSSR count). The highest BCUT2D eigenvalue weighted by atomic mass is 28.4. The van der Waals surface area contributed by atoms with E-state index in [2.05, 4.69) is 69.3 Å². The summed E-state index contributed by atoms with van der Waals surface area (Å²) < 4.78 is 18.9. The van der Waals surface area contributed by atoms with E-state index in [9.17, 15) is 4.79 Å². The molecule has 1 aliphatic rings. The SMILES string of the molecule is CC(C)(C)[Si](OC[C@H]1OC(=O)C=C[C@H]1OCc1ccccc1)(c1ccccc1)c1ccccc1. The van der Waals surface area contributed by atoms with Crippen LogP contribution < -0.4 is 10.4 Å². The highest BCUT2D eigenvalue weighted by Gasteiger charge is 2.51. The summed E-state index contributed by atoms with van der Waals surface area (Å²) in [5.41, 5.74) is 1.07. The van der Waals surface area contributed by atoms with E-state index in [1.54, 1.807) is 6.08 Å². The third-order valence-electron chi connectivity index (χ3n) is 6.22. The van der Waals surface area contributed by atoms with Crippen LogP contribution in [0.4, 0.5) is 0 Å². The first-order valence-corrected chi connectivity index (χ1v) is 13.6. The molecule has 0 amide bonds. The molecule has 3 aromatic carbocycles. The van der Waals surface area contributed by atoms with Gasteiger partial charge in [0.15, 0.2) is 6.10 Å². The molecular formula is C29H32O4Si. The van der Waals surface area contributed by atoms with Crippen LogP contribution in [0.5, 0.6) is 0 Å². The third kappa shape index (κ3) is 5.22. The second-order valence-corrected chi connectivity index (χ2v) is 13.9. The van der Waals surface area contributed by atoms with E-state index >= 15 is 0 Å². The monoisotopic (exact) mass is 472 g/mol. The average molecular weight is 473 g/mol. The summed E-state index contributed by atoms with van der Waals surface area (Å²) in [7, 11) is -2.74. The first-order valence-electron chi connectivity index (χ1n) is 11.7. The number of cyclic esters (lactones) is 1. The van der Waals surface area contributed by atoms with Crippen LogP contribution in [-0.2, 0) is 25.3 Å². The molecule has 0 bridgehead atoms. The van der Waals surface area contributed by atoms with Gasteiger partial charge in [0.05, 0.1) is 13.2 Å². The van der Waals surface area contributed by atoms with Gasteiger partial charge in [0.25, 0.3) is 8.32 Å². The lowest BCUT2D eigenvalue weighted by molar-refractivity contribution is -0.155. The molecule has 2 atom stereocenters. The maximum Gasteiger partial charge on any atom is 0.330 e. The lowest BCUT2D eigenvalue weighted by Gasteiger charge is -2.44. The Kier molecular flexibility index (Phi) is 7.46. The Bertz CT molecular complexity index is 1050. The summed E-state index contributed by atoms with van der Waals surface area (Å²) in [6.45, 7) is 7.38. The quantitative estimate of drug-likeness (QED) is 0.354. The van der Waals surface area contributed by atoms with Crippen molar-refractivity contribution in [2.75, 3.05) is 6.61 Å². The smallest absolute Gasteiger partial charge is 0.330 e. The molecule has 34 heavy (non-hydrogen) atoms. The molecule has 0 saturated carbocycles. The number of hydrogen-bond acceptors (Lipinski definition) is 4. The van der Waals surface area contributed by atoms with E-state index in [-0.39, 0.29) is 23.7 Å². The van der Waals surface area contributed by atoms with Crippen molar-refractivity contribution in [1.29, 1.82) is 0 Å². The van der Waals surface area contributed by atoms with Gasteiger partial charge in [-0.05, 0) is 27.1 Å². The summed E-state index contributed by atoms with van der Waals surface area (Å²) in [5.74, 6) is -0.365. The van der Waals surface area contributed by atoms with Crippen LogP contribution in [0.25, 0.3) is 0 Å². The zero-order valence-electron chi connectivity index (χ0n) is 20.0. The van der Waals surface area contributed by atoms with Gasteiger partial charge in [-0.1, -0.05) is 112 Å². The highest BCUT2D eigenvalue weighted by molar-refractivity contribution is 6.99. The standard InChI is InChI=1S/C29H32O4Si/c1-29(2,3)34(24-15-9-5-10-16-24,25-17-11-6-12-18-25)32-22-27-26(19-20-28(30)33-27)31-21-23-13-7-4-8-14-23/h4-20,26-27H,21-22H2,1-3H3/t26-,27-/m1/s1. The molecule has 0 radical (unpaired) electrons. The van der Waals surface area contributed by atoms with Gasteiger partial charge in [0, 0.05) is 6.08 Å². The minimum Gasteiger partial charge on any atom is -0.454 e. The van der Waals surface area contributed by atoms with Gasteiger partial charge < -0.3 is 13.9 Å². The van der Waals surface area contributed by atoms with E-state index in [0.717, 1.165) is 5.56 Å². The molecular weight excluding hydrogens is 440 g/mol. The molecule has 1 aliphatic heterocycles. The highest BCUT2D eigenvalue weighted by Crippen LogP contribution is 2.37. The fourth-order valence-electron chi connectivity index (χ4n) is 4.58. The van der Waals surface area contributed by atoms with E-state index in [4.69, 9.17) is 13.9 Å². The molecule has 1 heterocycles. The van der Waals surface area contributed by atoms with Crippen LogP contribution in [0, 0.1) is 0 Å². The van der Waals surface area contributed by atoms with Crippen molar-refractivity contribution in [3.63, 3.8) is 0 Å². The third-order valence-corrected chi connectivity index (χ3v) is 11.2. The van der Waals surface area contributed by atoms with Crippen molar-refractivity contribution in [2.24, 2.45) is 0 Å². The first-order chi connectivity index (χ1) is 16.4. The number of carbonyl (C=O) groups excluding carboxylic acids is 1. The number of benzene rings is 3. The number of esters is 1. The van der Waals surface area contributed by atoms with Crippen LogP contribution in [0.15, 0.2) is 103 Å².